The maximum atomic E-state index is 2.55. The molecule has 0 amide bonds. The maximum Gasteiger partial charge on any atom is 0.0731 e. The minimum atomic E-state index is -0.553. The molecule has 0 aliphatic heterocycles. The summed E-state index contributed by atoms with van der Waals surface area (Å²) in [4.78, 5) is 4.89. The minimum Gasteiger partial charge on any atom is -0.310 e. The first-order chi connectivity index (χ1) is 37.7. The van der Waals surface area contributed by atoms with Crippen molar-refractivity contribution in [2.45, 2.75) is 43.9 Å². The second-order valence-electron chi connectivity index (χ2n) is 22.8. The Morgan fingerprint density at radius 3 is 1.16 bits per heavy atom. The fraction of sp³-hybridized carbons (Fsp3) is 0.0933. The van der Waals surface area contributed by atoms with Crippen LogP contribution >= 0.6 is 0 Å². The third-order valence-corrected chi connectivity index (χ3v) is 18.2. The largest absolute Gasteiger partial charge is 0.310 e. The molecule has 0 N–H and O–H groups in total. The zero-order valence-electron chi connectivity index (χ0n) is 43.6. The van der Waals surface area contributed by atoms with Gasteiger partial charge in [0.05, 0.1) is 5.41 Å². The molecule has 2 heteroatoms. The number of nitrogens with zero attached hydrogens (tertiary/aromatic N) is 2. The predicted octanol–water partition coefficient (Wildman–Crippen LogP) is 19.9. The Hall–Kier alpha value is -9.24. The highest BCUT2D eigenvalue weighted by molar-refractivity contribution is 6.08. The summed E-state index contributed by atoms with van der Waals surface area (Å²) in [6.45, 7) is 9.48. The van der Waals surface area contributed by atoms with Crippen LogP contribution in [0, 0.1) is 0 Å². The number of anilines is 6. The molecular weight excluding hydrogens is 929 g/mol. The Bertz CT molecular complexity index is 4420. The topological polar surface area (TPSA) is 6.48 Å². The Morgan fingerprint density at radius 2 is 0.623 bits per heavy atom. The van der Waals surface area contributed by atoms with Crippen molar-refractivity contribution in [3.63, 3.8) is 0 Å². The van der Waals surface area contributed by atoms with E-state index in [1.807, 2.05) is 0 Å². The monoisotopic (exact) mass is 982 g/mol. The van der Waals surface area contributed by atoms with Crippen LogP contribution in [-0.2, 0) is 16.2 Å². The molecule has 12 aromatic carbocycles. The molecule has 77 heavy (non-hydrogen) atoms. The van der Waals surface area contributed by atoms with Crippen molar-refractivity contribution in [2.75, 3.05) is 9.80 Å². The quantitative estimate of drug-likeness (QED) is 0.164. The molecule has 12 aromatic rings. The van der Waals surface area contributed by atoms with E-state index in [1.54, 1.807) is 0 Å². The van der Waals surface area contributed by atoms with E-state index in [0.29, 0.717) is 0 Å². The molecule has 4 aliphatic rings. The second-order valence-corrected chi connectivity index (χ2v) is 22.8. The standard InChI is InChI=1S/C75H54N2/c1-73(2)65-27-15-11-23-57(65)61-39-35-54(45-69(61)73)76(50-19-7-5-8-20-50)52-33-31-47-43-64-63-37-32-48-41-53(77(51-21-9-6-10-22-51)55-36-40-62-58-24-12-16-28-66(58)74(3,4)70(62)46-55)34-38-56(48)72(63)75(71(64)44-49(47)42-52)67-29-17-13-25-59(67)60-26-14-18-30-68(60)75/h5-46H,1-4H3. The van der Waals surface area contributed by atoms with Crippen molar-refractivity contribution >= 4 is 55.7 Å². The molecule has 0 fully saturated rings. The molecule has 364 valence electrons. The summed E-state index contributed by atoms with van der Waals surface area (Å²) < 4.78 is 0. The number of hydrogen-bond donors (Lipinski definition) is 0. The number of para-hydroxylation sites is 2. The summed E-state index contributed by atoms with van der Waals surface area (Å²) in [5.74, 6) is 0. The number of rotatable bonds is 6. The molecule has 1 spiro atoms. The molecule has 0 radical (unpaired) electrons. The van der Waals surface area contributed by atoms with Crippen LogP contribution in [0.5, 0.6) is 0 Å². The molecule has 0 heterocycles. The zero-order valence-corrected chi connectivity index (χ0v) is 43.6. The lowest BCUT2D eigenvalue weighted by Gasteiger charge is -2.32. The van der Waals surface area contributed by atoms with E-state index < -0.39 is 5.41 Å². The Kier molecular flexibility index (Phi) is 9.10. The molecule has 4 aliphatic carbocycles. The molecule has 0 unspecified atom stereocenters. The van der Waals surface area contributed by atoms with Crippen molar-refractivity contribution in [1.82, 2.24) is 0 Å². The van der Waals surface area contributed by atoms with Crippen molar-refractivity contribution in [1.29, 1.82) is 0 Å². The number of benzene rings is 12. The highest BCUT2D eigenvalue weighted by Gasteiger charge is 2.52. The van der Waals surface area contributed by atoms with Crippen LogP contribution in [0.4, 0.5) is 34.1 Å². The average Bonchev–Trinajstić information content (AvgIpc) is 4.32. The van der Waals surface area contributed by atoms with Crippen LogP contribution in [0.25, 0.3) is 66.1 Å². The first-order valence-electron chi connectivity index (χ1n) is 27.2. The first kappa shape index (κ1) is 44.1. The summed E-state index contributed by atoms with van der Waals surface area (Å²) in [7, 11) is 0. The van der Waals surface area contributed by atoms with Crippen LogP contribution < -0.4 is 9.80 Å². The highest BCUT2D eigenvalue weighted by Crippen LogP contribution is 2.65. The summed E-state index contributed by atoms with van der Waals surface area (Å²) in [6.07, 6.45) is 0. The van der Waals surface area contributed by atoms with Crippen LogP contribution in [0.1, 0.15) is 72.2 Å². The molecule has 0 saturated heterocycles. The highest BCUT2D eigenvalue weighted by atomic mass is 15.1. The van der Waals surface area contributed by atoms with E-state index in [9.17, 15) is 0 Å². The molecule has 16 rings (SSSR count). The van der Waals surface area contributed by atoms with E-state index in [2.05, 4.69) is 292 Å². The lowest BCUT2D eigenvalue weighted by molar-refractivity contribution is 0.660. The van der Waals surface area contributed by atoms with E-state index in [4.69, 9.17) is 0 Å². The second kappa shape index (κ2) is 15.9. The van der Waals surface area contributed by atoms with Gasteiger partial charge in [-0.15, -0.1) is 0 Å². The fourth-order valence-electron chi connectivity index (χ4n) is 14.7. The van der Waals surface area contributed by atoms with E-state index >= 15 is 0 Å². The fourth-order valence-corrected chi connectivity index (χ4v) is 14.7. The van der Waals surface area contributed by atoms with Crippen molar-refractivity contribution in [3.05, 3.63) is 299 Å². The third kappa shape index (κ3) is 6.01. The summed E-state index contributed by atoms with van der Waals surface area (Å²) in [6, 6.07) is 96.3. The van der Waals surface area contributed by atoms with Gasteiger partial charge < -0.3 is 9.80 Å². The van der Waals surface area contributed by atoms with Crippen molar-refractivity contribution < 1.29 is 0 Å². The summed E-state index contributed by atoms with van der Waals surface area (Å²) in [5, 5.41) is 4.93. The minimum absolute atomic E-state index is 0.119. The predicted molar refractivity (Wildman–Crippen MR) is 322 cm³/mol. The van der Waals surface area contributed by atoms with Gasteiger partial charge in [-0.05, 0) is 195 Å². The Labute approximate surface area is 450 Å². The molecular formula is C75H54N2. The third-order valence-electron chi connectivity index (χ3n) is 18.2. The Balaban J connectivity index is 0.885. The van der Waals surface area contributed by atoms with E-state index in [-0.39, 0.29) is 10.8 Å². The van der Waals surface area contributed by atoms with Gasteiger partial charge >= 0.3 is 0 Å². The van der Waals surface area contributed by atoms with Gasteiger partial charge in [-0.2, -0.15) is 0 Å². The molecule has 0 atom stereocenters. The first-order valence-corrected chi connectivity index (χ1v) is 27.2. The van der Waals surface area contributed by atoms with Crippen LogP contribution in [-0.4, -0.2) is 0 Å². The van der Waals surface area contributed by atoms with Crippen LogP contribution in [0.15, 0.2) is 255 Å². The van der Waals surface area contributed by atoms with Gasteiger partial charge in [0.15, 0.2) is 0 Å². The van der Waals surface area contributed by atoms with Crippen molar-refractivity contribution in [3.8, 4) is 44.5 Å². The zero-order chi connectivity index (χ0) is 51.4. The summed E-state index contributed by atoms with van der Waals surface area (Å²) in [5.41, 5.74) is 27.4. The average molecular weight is 983 g/mol. The normalized spacial score (nSPS) is 14.8. The number of fused-ring (bicyclic) bond motifs is 19. The maximum absolute atomic E-state index is 2.55. The smallest absolute Gasteiger partial charge is 0.0731 e. The van der Waals surface area contributed by atoms with Gasteiger partial charge in [-0.25, -0.2) is 0 Å². The lowest BCUT2D eigenvalue weighted by Crippen LogP contribution is -2.26. The van der Waals surface area contributed by atoms with Gasteiger partial charge in [0.2, 0.25) is 0 Å². The van der Waals surface area contributed by atoms with Gasteiger partial charge in [0.1, 0.15) is 0 Å². The van der Waals surface area contributed by atoms with Gasteiger partial charge in [-0.1, -0.05) is 198 Å². The summed E-state index contributed by atoms with van der Waals surface area (Å²) >= 11 is 0. The molecule has 0 aromatic heterocycles. The van der Waals surface area contributed by atoms with Crippen molar-refractivity contribution in [2.24, 2.45) is 0 Å². The van der Waals surface area contributed by atoms with Gasteiger partial charge in [0, 0.05) is 45.0 Å². The molecule has 0 saturated carbocycles. The number of hydrogen-bond acceptors (Lipinski definition) is 2. The van der Waals surface area contributed by atoms with Gasteiger partial charge in [0.25, 0.3) is 0 Å². The SMILES string of the molecule is CC1(C)c2ccccc2-c2ccc(N(c3ccccc3)c3ccc4cc5c(cc4c3)C3(c4ccccc4-c4ccccc43)c3c-5ccc4cc(N(c5ccccc5)c5ccc6c(c5)C(C)(C)c5ccccc5-6)ccc34)cc21. The van der Waals surface area contributed by atoms with E-state index in [1.165, 1.54) is 111 Å². The van der Waals surface area contributed by atoms with Gasteiger partial charge in [-0.3, -0.25) is 0 Å². The lowest BCUT2D eigenvalue weighted by atomic mass is 9.69. The van der Waals surface area contributed by atoms with E-state index in [0.717, 1.165) is 34.1 Å². The van der Waals surface area contributed by atoms with Crippen LogP contribution in [0.2, 0.25) is 0 Å². The molecule has 2 nitrogen and oxygen atoms in total. The van der Waals surface area contributed by atoms with Crippen LogP contribution in [0.3, 0.4) is 0 Å². The Morgan fingerprint density at radius 1 is 0.234 bits per heavy atom. The molecule has 0 bridgehead atoms.